The van der Waals surface area contributed by atoms with Crippen molar-refractivity contribution in [3.8, 4) is 22.8 Å². The fourth-order valence-corrected chi connectivity index (χ4v) is 4.11. The summed E-state index contributed by atoms with van der Waals surface area (Å²) in [6, 6.07) is 23.1. The predicted molar refractivity (Wildman–Crippen MR) is 127 cm³/mol. The van der Waals surface area contributed by atoms with Gasteiger partial charge in [-0.25, -0.2) is 4.98 Å². The highest BCUT2D eigenvalue weighted by molar-refractivity contribution is 5.86. The standard InChI is InChI=1S/C27H25F3N2O2/c1-26(31,23-9-5-7-19-6-3-4-8-21(19)23)15-18-10-12-24(33-2)22(14-18)20-11-13-25(32-16-20)34-17-27(28,29)30/h3-14,16H,15,17,31H2,1-2H3. The SMILES string of the molecule is COc1ccc(CC(C)(N)c2cccc3ccccc23)cc1-c1ccc(OCC(F)(F)F)nc1. The second kappa shape index (κ2) is 9.35. The Morgan fingerprint density at radius 1 is 0.941 bits per heavy atom. The Balaban J connectivity index is 1.62. The van der Waals surface area contributed by atoms with Crippen molar-refractivity contribution in [1.29, 1.82) is 0 Å². The molecule has 0 aliphatic rings. The molecule has 0 saturated carbocycles. The third kappa shape index (κ3) is 5.31. The van der Waals surface area contributed by atoms with Gasteiger partial charge in [-0.05, 0) is 53.4 Å². The minimum Gasteiger partial charge on any atom is -0.496 e. The van der Waals surface area contributed by atoms with Gasteiger partial charge in [0.1, 0.15) is 5.75 Å². The molecule has 0 fully saturated rings. The van der Waals surface area contributed by atoms with Crippen molar-refractivity contribution in [2.45, 2.75) is 25.1 Å². The molecule has 176 valence electrons. The molecule has 1 atom stereocenters. The van der Waals surface area contributed by atoms with Crippen molar-refractivity contribution in [1.82, 2.24) is 4.98 Å². The molecule has 0 amide bonds. The zero-order valence-electron chi connectivity index (χ0n) is 18.9. The van der Waals surface area contributed by atoms with Gasteiger partial charge >= 0.3 is 6.18 Å². The van der Waals surface area contributed by atoms with E-state index in [0.717, 1.165) is 27.5 Å². The first-order valence-electron chi connectivity index (χ1n) is 10.8. The molecule has 3 aromatic carbocycles. The molecule has 0 bridgehead atoms. The van der Waals surface area contributed by atoms with Gasteiger partial charge in [-0.2, -0.15) is 13.2 Å². The highest BCUT2D eigenvalue weighted by atomic mass is 19.4. The lowest BCUT2D eigenvalue weighted by Crippen LogP contribution is -2.35. The third-order valence-electron chi connectivity index (χ3n) is 5.67. The number of ether oxygens (including phenoxy) is 2. The van der Waals surface area contributed by atoms with Gasteiger partial charge in [0, 0.05) is 28.9 Å². The number of halogens is 3. The Bertz CT molecular complexity index is 1280. The van der Waals surface area contributed by atoms with E-state index in [1.807, 2.05) is 43.3 Å². The quantitative estimate of drug-likeness (QED) is 0.349. The minimum atomic E-state index is -4.42. The molecular formula is C27H25F3N2O2. The summed E-state index contributed by atoms with van der Waals surface area (Å²) in [5, 5.41) is 2.24. The number of pyridine rings is 1. The van der Waals surface area contributed by atoms with Crippen LogP contribution in [0.2, 0.25) is 0 Å². The fourth-order valence-electron chi connectivity index (χ4n) is 4.11. The van der Waals surface area contributed by atoms with Crippen molar-refractivity contribution < 1.29 is 22.6 Å². The summed E-state index contributed by atoms with van der Waals surface area (Å²) in [4.78, 5) is 4.02. The van der Waals surface area contributed by atoms with Gasteiger partial charge < -0.3 is 15.2 Å². The van der Waals surface area contributed by atoms with Gasteiger partial charge in [0.15, 0.2) is 6.61 Å². The third-order valence-corrected chi connectivity index (χ3v) is 5.67. The maximum absolute atomic E-state index is 12.4. The molecule has 7 heteroatoms. The summed E-state index contributed by atoms with van der Waals surface area (Å²) in [7, 11) is 1.57. The first-order chi connectivity index (χ1) is 16.2. The molecule has 4 nitrogen and oxygen atoms in total. The van der Waals surface area contributed by atoms with E-state index in [-0.39, 0.29) is 5.88 Å². The van der Waals surface area contributed by atoms with Crippen LogP contribution in [0.15, 0.2) is 79.0 Å². The molecule has 1 unspecified atom stereocenters. The van der Waals surface area contributed by atoms with Crippen molar-refractivity contribution in [2.24, 2.45) is 5.73 Å². The van der Waals surface area contributed by atoms with Crippen LogP contribution in [-0.2, 0) is 12.0 Å². The Kier molecular flexibility index (Phi) is 6.48. The van der Waals surface area contributed by atoms with Crippen LogP contribution in [-0.4, -0.2) is 24.9 Å². The first kappa shape index (κ1) is 23.6. The maximum Gasteiger partial charge on any atom is 0.422 e. The van der Waals surface area contributed by atoms with E-state index in [2.05, 4.69) is 29.2 Å². The minimum absolute atomic E-state index is 0.0957. The number of nitrogens with two attached hydrogens (primary N) is 1. The molecule has 34 heavy (non-hydrogen) atoms. The van der Waals surface area contributed by atoms with Gasteiger partial charge in [0.25, 0.3) is 0 Å². The van der Waals surface area contributed by atoms with E-state index in [4.69, 9.17) is 15.2 Å². The van der Waals surface area contributed by atoms with Crippen molar-refractivity contribution >= 4 is 10.8 Å². The van der Waals surface area contributed by atoms with Gasteiger partial charge in [-0.15, -0.1) is 0 Å². The molecule has 2 N–H and O–H groups in total. The van der Waals surface area contributed by atoms with Gasteiger partial charge in [0.05, 0.1) is 7.11 Å². The number of benzene rings is 3. The second-order valence-electron chi connectivity index (χ2n) is 8.44. The molecule has 4 aromatic rings. The second-order valence-corrected chi connectivity index (χ2v) is 8.44. The van der Waals surface area contributed by atoms with Crippen molar-refractivity contribution in [3.63, 3.8) is 0 Å². The summed E-state index contributed by atoms with van der Waals surface area (Å²) in [6.45, 7) is 0.619. The summed E-state index contributed by atoms with van der Waals surface area (Å²) in [5.41, 5.74) is 9.70. The number of methoxy groups -OCH3 is 1. The van der Waals surface area contributed by atoms with Crippen LogP contribution in [0.4, 0.5) is 13.2 Å². The van der Waals surface area contributed by atoms with Crippen LogP contribution in [0, 0.1) is 0 Å². The predicted octanol–water partition coefficient (Wildman–Crippen LogP) is 6.27. The van der Waals surface area contributed by atoms with E-state index in [1.165, 1.54) is 12.3 Å². The molecule has 0 aliphatic carbocycles. The van der Waals surface area contributed by atoms with Crippen molar-refractivity contribution in [3.05, 3.63) is 90.1 Å². The molecule has 0 aliphatic heterocycles. The smallest absolute Gasteiger partial charge is 0.422 e. The molecule has 0 spiro atoms. The Morgan fingerprint density at radius 3 is 2.41 bits per heavy atom. The van der Waals surface area contributed by atoms with Crippen LogP contribution < -0.4 is 15.2 Å². The first-order valence-corrected chi connectivity index (χ1v) is 10.8. The highest BCUT2D eigenvalue weighted by Gasteiger charge is 2.28. The summed E-state index contributed by atoms with van der Waals surface area (Å²) < 4.78 is 47.4. The van der Waals surface area contributed by atoms with Gasteiger partial charge in [-0.3, -0.25) is 0 Å². The van der Waals surface area contributed by atoms with E-state index in [1.54, 1.807) is 13.2 Å². The van der Waals surface area contributed by atoms with E-state index < -0.39 is 18.3 Å². The van der Waals surface area contributed by atoms with Crippen LogP contribution in [0.25, 0.3) is 21.9 Å². The lowest BCUT2D eigenvalue weighted by molar-refractivity contribution is -0.154. The fraction of sp³-hybridized carbons (Fsp3) is 0.222. The number of hydrogen-bond acceptors (Lipinski definition) is 4. The normalized spacial score (nSPS) is 13.5. The Morgan fingerprint density at radius 2 is 1.71 bits per heavy atom. The highest BCUT2D eigenvalue weighted by Crippen LogP contribution is 2.35. The molecule has 0 saturated heterocycles. The number of hydrogen-bond donors (Lipinski definition) is 1. The van der Waals surface area contributed by atoms with Crippen LogP contribution in [0.5, 0.6) is 11.6 Å². The monoisotopic (exact) mass is 466 g/mol. The number of rotatable bonds is 7. The lowest BCUT2D eigenvalue weighted by Gasteiger charge is -2.27. The maximum atomic E-state index is 12.4. The van der Waals surface area contributed by atoms with E-state index in [9.17, 15) is 13.2 Å². The largest absolute Gasteiger partial charge is 0.496 e. The summed E-state index contributed by atoms with van der Waals surface area (Å²) in [5.74, 6) is 0.528. The number of fused-ring (bicyclic) bond motifs is 1. The summed E-state index contributed by atoms with van der Waals surface area (Å²) in [6.07, 6.45) is -2.38. The Labute approximate surface area is 196 Å². The molecule has 4 rings (SSSR count). The van der Waals surface area contributed by atoms with Gasteiger partial charge in [-0.1, -0.05) is 48.5 Å². The number of aromatic nitrogens is 1. The van der Waals surface area contributed by atoms with Crippen LogP contribution in [0.1, 0.15) is 18.1 Å². The van der Waals surface area contributed by atoms with Gasteiger partial charge in [0.2, 0.25) is 5.88 Å². The van der Waals surface area contributed by atoms with Crippen molar-refractivity contribution in [2.75, 3.05) is 13.7 Å². The zero-order valence-corrected chi connectivity index (χ0v) is 18.9. The number of nitrogens with zero attached hydrogens (tertiary/aromatic N) is 1. The zero-order chi connectivity index (χ0) is 24.3. The molecule has 0 radical (unpaired) electrons. The summed E-state index contributed by atoms with van der Waals surface area (Å²) >= 11 is 0. The number of alkyl halides is 3. The lowest BCUT2D eigenvalue weighted by atomic mass is 9.83. The average molecular weight is 467 g/mol. The molecule has 1 heterocycles. The Hall–Kier alpha value is -3.58. The van der Waals surface area contributed by atoms with E-state index in [0.29, 0.717) is 17.7 Å². The molecular weight excluding hydrogens is 441 g/mol. The average Bonchev–Trinajstić information content (AvgIpc) is 2.82. The molecule has 1 aromatic heterocycles. The van der Waals surface area contributed by atoms with Crippen LogP contribution >= 0.6 is 0 Å². The topological polar surface area (TPSA) is 57.4 Å². The van der Waals surface area contributed by atoms with E-state index >= 15 is 0 Å². The van der Waals surface area contributed by atoms with Crippen LogP contribution in [0.3, 0.4) is 0 Å².